The minimum atomic E-state index is -0.274. The molecule has 0 spiro atoms. The first-order valence-corrected chi connectivity index (χ1v) is 12.1. The van der Waals surface area contributed by atoms with E-state index in [2.05, 4.69) is 5.32 Å². The van der Waals surface area contributed by atoms with Crippen LogP contribution in [0.5, 0.6) is 5.75 Å². The van der Waals surface area contributed by atoms with E-state index in [1.807, 2.05) is 55.5 Å². The van der Waals surface area contributed by atoms with Crippen LogP contribution >= 0.6 is 11.3 Å². The Bertz CT molecular complexity index is 1520. The summed E-state index contributed by atoms with van der Waals surface area (Å²) < 4.78 is 21.9. The summed E-state index contributed by atoms with van der Waals surface area (Å²) >= 11 is 1.54. The van der Waals surface area contributed by atoms with Crippen LogP contribution in [0, 0.1) is 12.7 Å². The third-order valence-electron chi connectivity index (χ3n) is 6.15. The van der Waals surface area contributed by atoms with E-state index in [0.717, 1.165) is 32.6 Å². The van der Waals surface area contributed by atoms with Gasteiger partial charge in [-0.2, -0.15) is 9.78 Å². The number of carbonyl (C=O) groups excluding carboxylic acids is 1. The highest BCUT2D eigenvalue weighted by Crippen LogP contribution is 2.41. The number of amides is 1. The summed E-state index contributed by atoms with van der Waals surface area (Å²) in [5.41, 5.74) is 4.59. The van der Waals surface area contributed by atoms with Gasteiger partial charge in [0, 0.05) is 17.9 Å². The maximum atomic E-state index is 13.2. The molecule has 5 aromatic rings. The SMILES string of the molecule is Cc1nn(-c2nc3ccccc3s2)c2c1[C@@H](c1cccc(OCc3ccc(F)cc3)c1)CC(=O)N2. The van der Waals surface area contributed by atoms with Crippen molar-refractivity contribution in [2.24, 2.45) is 0 Å². The predicted molar refractivity (Wildman–Crippen MR) is 134 cm³/mol. The molecule has 0 bridgehead atoms. The van der Waals surface area contributed by atoms with Gasteiger partial charge in [0.15, 0.2) is 0 Å². The molecule has 1 aliphatic rings. The van der Waals surface area contributed by atoms with Gasteiger partial charge < -0.3 is 10.1 Å². The number of hydrogen-bond acceptors (Lipinski definition) is 5. The van der Waals surface area contributed by atoms with E-state index in [0.29, 0.717) is 29.7 Å². The zero-order chi connectivity index (χ0) is 23.9. The van der Waals surface area contributed by atoms with E-state index in [1.165, 1.54) is 23.5 Å². The van der Waals surface area contributed by atoms with Crippen molar-refractivity contribution in [3.63, 3.8) is 0 Å². The first-order chi connectivity index (χ1) is 17.0. The van der Waals surface area contributed by atoms with Crippen molar-refractivity contribution in [3.05, 3.63) is 101 Å². The maximum absolute atomic E-state index is 13.2. The number of hydrogen-bond donors (Lipinski definition) is 1. The summed E-state index contributed by atoms with van der Waals surface area (Å²) in [5, 5.41) is 8.50. The number of nitrogens with zero attached hydrogens (tertiary/aromatic N) is 3. The van der Waals surface area contributed by atoms with Crippen molar-refractivity contribution in [2.75, 3.05) is 5.32 Å². The van der Waals surface area contributed by atoms with E-state index >= 15 is 0 Å². The molecule has 6 rings (SSSR count). The van der Waals surface area contributed by atoms with Gasteiger partial charge in [-0.05, 0) is 54.4 Å². The molecule has 0 aliphatic carbocycles. The molecule has 35 heavy (non-hydrogen) atoms. The van der Waals surface area contributed by atoms with Gasteiger partial charge in [0.05, 0.1) is 15.9 Å². The largest absolute Gasteiger partial charge is 0.489 e. The number of fused-ring (bicyclic) bond motifs is 2. The van der Waals surface area contributed by atoms with Gasteiger partial charge >= 0.3 is 0 Å². The van der Waals surface area contributed by atoms with E-state index in [4.69, 9.17) is 14.8 Å². The van der Waals surface area contributed by atoms with Crippen molar-refractivity contribution in [1.29, 1.82) is 0 Å². The highest BCUT2D eigenvalue weighted by Gasteiger charge is 2.33. The molecule has 0 fully saturated rings. The van der Waals surface area contributed by atoms with Crippen molar-refractivity contribution in [3.8, 4) is 10.9 Å². The molecular formula is C27H21FN4O2S. The lowest BCUT2D eigenvalue weighted by Gasteiger charge is -2.24. The summed E-state index contributed by atoms with van der Waals surface area (Å²) in [6.45, 7) is 2.29. The summed E-state index contributed by atoms with van der Waals surface area (Å²) in [6, 6.07) is 22.0. The number of aryl methyl sites for hydroxylation is 1. The molecule has 2 aromatic heterocycles. The van der Waals surface area contributed by atoms with Crippen LogP contribution in [0.15, 0.2) is 72.8 Å². The number of thiazole rings is 1. The lowest BCUT2D eigenvalue weighted by atomic mass is 9.86. The Morgan fingerprint density at radius 2 is 1.94 bits per heavy atom. The topological polar surface area (TPSA) is 69.0 Å². The van der Waals surface area contributed by atoms with Crippen LogP contribution < -0.4 is 10.1 Å². The Kier molecular flexibility index (Phi) is 5.30. The van der Waals surface area contributed by atoms with E-state index < -0.39 is 0 Å². The molecule has 174 valence electrons. The van der Waals surface area contributed by atoms with Crippen LogP contribution in [0.2, 0.25) is 0 Å². The lowest BCUT2D eigenvalue weighted by molar-refractivity contribution is -0.116. The highest BCUT2D eigenvalue weighted by atomic mass is 32.1. The average Bonchev–Trinajstić information content (AvgIpc) is 3.44. The summed E-state index contributed by atoms with van der Waals surface area (Å²) in [6.07, 6.45) is 0.320. The number of rotatable bonds is 5. The third-order valence-corrected chi connectivity index (χ3v) is 7.16. The second-order valence-corrected chi connectivity index (χ2v) is 9.53. The minimum Gasteiger partial charge on any atom is -0.489 e. The predicted octanol–water partition coefficient (Wildman–Crippen LogP) is 5.98. The minimum absolute atomic E-state index is 0.0672. The summed E-state index contributed by atoms with van der Waals surface area (Å²) in [4.78, 5) is 17.5. The number of para-hydroxylation sites is 1. The molecule has 3 aromatic carbocycles. The second kappa shape index (κ2) is 8.63. The molecule has 8 heteroatoms. The first kappa shape index (κ1) is 21.5. The molecule has 3 heterocycles. The van der Waals surface area contributed by atoms with Crippen LogP contribution in [0.25, 0.3) is 15.3 Å². The van der Waals surface area contributed by atoms with Crippen molar-refractivity contribution in [2.45, 2.75) is 25.9 Å². The molecule has 0 unspecified atom stereocenters. The monoisotopic (exact) mass is 484 g/mol. The third kappa shape index (κ3) is 4.06. The first-order valence-electron chi connectivity index (χ1n) is 11.3. The Labute approximate surface area is 205 Å². The van der Waals surface area contributed by atoms with Crippen molar-refractivity contribution < 1.29 is 13.9 Å². The Hall–Kier alpha value is -4.04. The molecule has 0 saturated carbocycles. The second-order valence-electron chi connectivity index (χ2n) is 8.52. The number of carbonyl (C=O) groups is 1. The Balaban J connectivity index is 1.34. The van der Waals surface area contributed by atoms with Crippen LogP contribution in [0.4, 0.5) is 10.2 Å². The van der Waals surface area contributed by atoms with E-state index in [9.17, 15) is 9.18 Å². The smallest absolute Gasteiger partial charge is 0.226 e. The zero-order valence-electron chi connectivity index (χ0n) is 18.9. The van der Waals surface area contributed by atoms with Gasteiger partial charge in [-0.3, -0.25) is 4.79 Å². The lowest BCUT2D eigenvalue weighted by Crippen LogP contribution is -2.25. The quantitative estimate of drug-likeness (QED) is 0.333. The number of aromatic nitrogens is 3. The van der Waals surface area contributed by atoms with Crippen molar-refractivity contribution in [1.82, 2.24) is 14.8 Å². The highest BCUT2D eigenvalue weighted by molar-refractivity contribution is 7.20. The summed E-state index contributed by atoms with van der Waals surface area (Å²) in [5.74, 6) is 0.860. The average molecular weight is 485 g/mol. The van der Waals surface area contributed by atoms with Gasteiger partial charge in [0.1, 0.15) is 24.0 Å². The van der Waals surface area contributed by atoms with Crippen molar-refractivity contribution >= 4 is 33.3 Å². The fourth-order valence-electron chi connectivity index (χ4n) is 4.49. The maximum Gasteiger partial charge on any atom is 0.226 e. The van der Waals surface area contributed by atoms with Crippen LogP contribution in [-0.4, -0.2) is 20.7 Å². The normalized spacial score (nSPS) is 15.1. The molecule has 6 nitrogen and oxygen atoms in total. The standard InChI is InChI=1S/C27H21FN4O2S/c1-16-25-21(18-5-4-6-20(13-18)34-15-17-9-11-19(28)12-10-17)14-24(33)30-26(25)32(31-16)27-29-22-7-2-3-8-23(22)35-27/h2-13,21H,14-15H2,1H3,(H,30,33)/t21-/m1/s1. The van der Waals surface area contributed by atoms with Gasteiger partial charge in [0.2, 0.25) is 11.0 Å². The van der Waals surface area contributed by atoms with Gasteiger partial charge in [-0.1, -0.05) is 47.7 Å². The Morgan fingerprint density at radius 1 is 1.11 bits per heavy atom. The molecule has 1 aliphatic heterocycles. The molecular weight excluding hydrogens is 463 g/mol. The number of halogens is 1. The van der Waals surface area contributed by atoms with E-state index in [1.54, 1.807) is 16.8 Å². The van der Waals surface area contributed by atoms with Crippen LogP contribution in [0.1, 0.15) is 34.7 Å². The summed E-state index contributed by atoms with van der Waals surface area (Å²) in [7, 11) is 0. The van der Waals surface area contributed by atoms with Crippen LogP contribution in [0.3, 0.4) is 0 Å². The zero-order valence-corrected chi connectivity index (χ0v) is 19.7. The van der Waals surface area contributed by atoms with E-state index in [-0.39, 0.29) is 17.6 Å². The fraction of sp³-hybridized carbons (Fsp3) is 0.148. The molecule has 0 saturated heterocycles. The van der Waals surface area contributed by atoms with Crippen LogP contribution in [-0.2, 0) is 11.4 Å². The number of anilines is 1. The van der Waals surface area contributed by atoms with Gasteiger partial charge in [0.25, 0.3) is 0 Å². The number of nitrogens with one attached hydrogen (secondary N) is 1. The van der Waals surface area contributed by atoms with Gasteiger partial charge in [-0.15, -0.1) is 0 Å². The van der Waals surface area contributed by atoms with Gasteiger partial charge in [-0.25, -0.2) is 9.37 Å². The Morgan fingerprint density at radius 3 is 2.77 bits per heavy atom. The molecule has 0 radical (unpaired) electrons. The molecule has 1 N–H and O–H groups in total. The fourth-order valence-corrected chi connectivity index (χ4v) is 5.41. The number of ether oxygens (including phenoxy) is 1. The molecule has 1 amide bonds. The number of benzene rings is 3. The molecule has 1 atom stereocenters.